The number of phosphoric acid groups is 1. The van der Waals surface area contributed by atoms with Gasteiger partial charge in [0.25, 0.3) is 0 Å². The van der Waals surface area contributed by atoms with Crippen molar-refractivity contribution in [2.24, 2.45) is 0 Å². The molecule has 0 bridgehead atoms. The number of phosphoric ester groups is 1. The van der Waals surface area contributed by atoms with Crippen LogP contribution in [0.4, 0.5) is 0 Å². The molecule has 0 radical (unpaired) electrons. The Morgan fingerprint density at radius 3 is 1.17 bits per heavy atom. The van der Waals surface area contributed by atoms with Gasteiger partial charge in [0.2, 0.25) is 5.91 Å². The molecule has 0 aromatic rings. The van der Waals surface area contributed by atoms with Crippen molar-refractivity contribution >= 4 is 19.7 Å². The lowest BCUT2D eigenvalue weighted by Crippen LogP contribution is -2.47. The third-order valence-electron chi connectivity index (χ3n) is 14.1. The number of hydrogen-bond donors (Lipinski definition) is 2. The molecular formula is C73H126N2O7P+. The molecule has 0 aliphatic heterocycles. The zero-order valence-corrected chi connectivity index (χ0v) is 55.0. The third kappa shape index (κ3) is 62.5. The number of quaternary nitrogens is 1. The molecule has 0 fully saturated rings. The number of nitrogens with zero attached hydrogens (tertiary/aromatic N) is 1. The molecular weight excluding hydrogens is 1050 g/mol. The Balaban J connectivity index is 5.13. The van der Waals surface area contributed by atoms with Crippen LogP contribution in [0.3, 0.4) is 0 Å². The van der Waals surface area contributed by atoms with E-state index in [1.54, 1.807) is 0 Å². The van der Waals surface area contributed by atoms with Crippen LogP contribution in [-0.4, -0.2) is 74.3 Å². The second kappa shape index (κ2) is 61.2. The van der Waals surface area contributed by atoms with Crippen molar-refractivity contribution in [3.05, 3.63) is 134 Å². The van der Waals surface area contributed by atoms with E-state index in [2.05, 4.69) is 148 Å². The van der Waals surface area contributed by atoms with Gasteiger partial charge in [0, 0.05) is 12.8 Å². The van der Waals surface area contributed by atoms with E-state index < -0.39 is 20.0 Å². The van der Waals surface area contributed by atoms with E-state index in [9.17, 15) is 19.0 Å². The molecule has 0 heterocycles. The Labute approximate surface area is 511 Å². The Bertz CT molecular complexity index is 1880. The van der Waals surface area contributed by atoms with Crippen molar-refractivity contribution in [2.75, 3.05) is 40.9 Å². The normalized spacial score (nSPS) is 14.4. The minimum Gasteiger partial charge on any atom is -0.456 e. The Kier molecular flexibility index (Phi) is 58.4. The SMILES string of the molecule is CC/C=C\C/C=C\C/C=C\C/C=C\C/C=C\CCCCCCCCCCCCCC(=O)OC(/C=C\CCCCCCCCCCC)C(COP(=O)(O)OCC[N+](C)(C)C)NC(=O)CCCCC/C=C\C/C=C\C/C=C\C/C=C\C/C=C\CC. The van der Waals surface area contributed by atoms with Crippen molar-refractivity contribution in [2.45, 2.75) is 277 Å². The molecule has 0 saturated carbocycles. The number of unbranched alkanes of at least 4 members (excludes halogenated alkanes) is 23. The fourth-order valence-corrected chi connectivity index (χ4v) is 9.73. The fourth-order valence-electron chi connectivity index (χ4n) is 8.99. The lowest BCUT2D eigenvalue weighted by molar-refractivity contribution is -0.870. The first kappa shape index (κ1) is 79.2. The summed E-state index contributed by atoms with van der Waals surface area (Å²) in [5.41, 5.74) is 0. The molecule has 474 valence electrons. The maximum Gasteiger partial charge on any atom is 0.472 e. The minimum atomic E-state index is -4.47. The summed E-state index contributed by atoms with van der Waals surface area (Å²) in [5.74, 6) is -0.553. The first-order valence-corrected chi connectivity index (χ1v) is 35.0. The second-order valence-electron chi connectivity index (χ2n) is 23.2. The van der Waals surface area contributed by atoms with Crippen LogP contribution in [0.2, 0.25) is 0 Å². The lowest BCUT2D eigenvalue weighted by atomic mass is 10.0. The average Bonchev–Trinajstić information content (AvgIpc) is 3.51. The lowest BCUT2D eigenvalue weighted by Gasteiger charge is -2.27. The average molecular weight is 1170 g/mol. The topological polar surface area (TPSA) is 111 Å². The first-order valence-electron chi connectivity index (χ1n) is 33.5. The number of carbonyl (C=O) groups is 2. The minimum absolute atomic E-state index is 0.0262. The molecule has 0 aliphatic rings. The van der Waals surface area contributed by atoms with Gasteiger partial charge >= 0.3 is 13.8 Å². The summed E-state index contributed by atoms with van der Waals surface area (Å²) in [6.45, 7) is 6.74. The van der Waals surface area contributed by atoms with Crippen molar-refractivity contribution in [3.63, 3.8) is 0 Å². The molecule has 0 aliphatic carbocycles. The number of nitrogens with one attached hydrogen (secondary N) is 1. The number of hydrogen-bond acceptors (Lipinski definition) is 6. The molecule has 3 unspecified atom stereocenters. The summed E-state index contributed by atoms with van der Waals surface area (Å²) in [7, 11) is 1.45. The zero-order valence-electron chi connectivity index (χ0n) is 54.1. The number of likely N-dealkylation sites (N-methyl/N-ethyl adjacent to an activating group) is 1. The van der Waals surface area contributed by atoms with Crippen LogP contribution >= 0.6 is 7.82 Å². The van der Waals surface area contributed by atoms with E-state index in [1.807, 2.05) is 33.3 Å². The Morgan fingerprint density at radius 2 is 0.771 bits per heavy atom. The van der Waals surface area contributed by atoms with E-state index in [4.69, 9.17) is 13.8 Å². The van der Waals surface area contributed by atoms with Crippen molar-refractivity contribution in [1.29, 1.82) is 0 Å². The number of carbonyl (C=O) groups excluding carboxylic acids is 2. The van der Waals surface area contributed by atoms with Gasteiger partial charge in [-0.2, -0.15) is 0 Å². The van der Waals surface area contributed by atoms with Gasteiger partial charge < -0.3 is 19.4 Å². The van der Waals surface area contributed by atoms with E-state index >= 15 is 0 Å². The highest BCUT2D eigenvalue weighted by Gasteiger charge is 2.30. The van der Waals surface area contributed by atoms with Gasteiger partial charge in [0.05, 0.1) is 33.8 Å². The number of esters is 1. The second-order valence-corrected chi connectivity index (χ2v) is 24.7. The van der Waals surface area contributed by atoms with E-state index in [0.717, 1.165) is 135 Å². The number of rotatable bonds is 59. The Morgan fingerprint density at radius 1 is 0.434 bits per heavy atom. The summed E-state index contributed by atoms with van der Waals surface area (Å²) >= 11 is 0. The maximum atomic E-state index is 13.6. The monoisotopic (exact) mass is 1170 g/mol. The molecule has 1 amide bonds. The van der Waals surface area contributed by atoms with Crippen molar-refractivity contribution < 1.29 is 37.3 Å². The van der Waals surface area contributed by atoms with Crippen molar-refractivity contribution in [3.8, 4) is 0 Å². The van der Waals surface area contributed by atoms with Crippen LogP contribution in [0.15, 0.2) is 134 Å². The van der Waals surface area contributed by atoms with E-state index in [0.29, 0.717) is 17.4 Å². The van der Waals surface area contributed by atoms with Gasteiger partial charge in [-0.1, -0.05) is 264 Å². The molecule has 2 N–H and O–H groups in total. The summed E-state index contributed by atoms with van der Waals surface area (Å²) in [4.78, 5) is 37.8. The molecule has 0 spiro atoms. The predicted molar refractivity (Wildman–Crippen MR) is 359 cm³/mol. The van der Waals surface area contributed by atoms with Gasteiger partial charge in [-0.15, -0.1) is 0 Å². The molecule has 10 heteroatoms. The smallest absolute Gasteiger partial charge is 0.456 e. The number of amides is 1. The van der Waals surface area contributed by atoms with Crippen LogP contribution in [-0.2, 0) is 27.9 Å². The molecule has 0 aromatic carbocycles. The summed E-state index contributed by atoms with van der Waals surface area (Å²) in [6.07, 6.45) is 87.5. The Hall–Kier alpha value is -3.85. The highest BCUT2D eigenvalue weighted by molar-refractivity contribution is 7.47. The van der Waals surface area contributed by atoms with Crippen LogP contribution in [0.1, 0.15) is 265 Å². The van der Waals surface area contributed by atoms with Crippen molar-refractivity contribution in [1.82, 2.24) is 5.32 Å². The molecule has 0 saturated heterocycles. The van der Waals surface area contributed by atoms with Crippen LogP contribution in [0.25, 0.3) is 0 Å². The third-order valence-corrected chi connectivity index (χ3v) is 15.1. The van der Waals surface area contributed by atoms with E-state index in [-0.39, 0.29) is 37.9 Å². The largest absolute Gasteiger partial charge is 0.472 e. The number of ether oxygens (including phenoxy) is 1. The summed E-state index contributed by atoms with van der Waals surface area (Å²) < 4.78 is 30.7. The van der Waals surface area contributed by atoms with Gasteiger partial charge in [-0.3, -0.25) is 18.6 Å². The van der Waals surface area contributed by atoms with Crippen LogP contribution in [0, 0.1) is 0 Å². The molecule has 3 atom stereocenters. The maximum absolute atomic E-state index is 13.6. The van der Waals surface area contributed by atoms with Gasteiger partial charge in [-0.25, -0.2) is 4.57 Å². The molecule has 0 rings (SSSR count). The van der Waals surface area contributed by atoms with Gasteiger partial charge in [-0.05, 0) is 122 Å². The van der Waals surface area contributed by atoms with E-state index in [1.165, 1.54) is 89.9 Å². The summed E-state index contributed by atoms with van der Waals surface area (Å²) in [5, 5.41) is 3.04. The zero-order chi connectivity index (χ0) is 60.7. The van der Waals surface area contributed by atoms with Gasteiger partial charge in [0.1, 0.15) is 19.3 Å². The number of allylic oxidation sites excluding steroid dienone is 21. The molecule has 9 nitrogen and oxygen atoms in total. The first-order chi connectivity index (χ1) is 40.4. The highest BCUT2D eigenvalue weighted by Crippen LogP contribution is 2.43. The van der Waals surface area contributed by atoms with Gasteiger partial charge in [0.15, 0.2) is 0 Å². The summed E-state index contributed by atoms with van der Waals surface area (Å²) in [6, 6.07) is -0.876. The fraction of sp³-hybridized carbons (Fsp3) is 0.671. The van der Waals surface area contributed by atoms with Crippen LogP contribution in [0.5, 0.6) is 0 Å². The molecule has 0 aromatic heterocycles. The quantitative estimate of drug-likeness (QED) is 0.0205. The van der Waals surface area contributed by atoms with Crippen LogP contribution < -0.4 is 5.32 Å². The highest BCUT2D eigenvalue weighted by atomic mass is 31.2. The molecule has 83 heavy (non-hydrogen) atoms. The standard InChI is InChI=1S/C73H125N2O7P/c1-7-10-13-16-19-22-25-27-29-31-33-34-35-36-37-38-39-40-42-44-46-48-51-54-57-60-63-66-73(77)82-71(64-61-58-55-52-49-24-21-18-15-12-9-3)70(69-81-83(78,79)80-68-67-75(4,5)6)74-72(76)65-62-59-56-53-50-47-45-43-41-32-30-28-26-23-20-17-14-11-8-2/h10-11,13-14,19-20,22-23,27-30,33-34,36-37,41,43,47,50,61,64,70-71H,7-9,12,15-18,21,24-26,31-32,35,38-40,42,44-46,48-49,51-60,62-63,65-69H2,1-6H3,(H-,74,76,78,79)/p+1/b13-10-,14-11-,22-19-,23-20-,29-27-,30-28-,34-33-,37-36-,43-41-,50-47-,64-61-. The predicted octanol–water partition coefficient (Wildman–Crippen LogP) is 21.2.